The number of nitrogens with zero attached hydrogens (tertiary/aromatic N) is 2. The van der Waals surface area contributed by atoms with Crippen molar-refractivity contribution in [3.63, 3.8) is 0 Å². The first-order valence-corrected chi connectivity index (χ1v) is 12.2. The molecule has 198 valence electrons. The molecule has 0 bridgehead atoms. The highest BCUT2D eigenvalue weighted by molar-refractivity contribution is 5.90. The topological polar surface area (TPSA) is 82.2 Å². The normalized spacial score (nSPS) is 18.4. The van der Waals surface area contributed by atoms with Crippen LogP contribution in [-0.4, -0.2) is 74.6 Å². The van der Waals surface area contributed by atoms with Gasteiger partial charge in [-0.1, -0.05) is 0 Å². The number of pyridine rings is 1. The third-order valence-electron chi connectivity index (χ3n) is 6.28. The molecule has 0 radical (unpaired) electrons. The van der Waals surface area contributed by atoms with Crippen molar-refractivity contribution in [2.75, 3.05) is 51.9 Å². The SMILES string of the molecule is COc1cc2c3c(c(NC(C)C)nc2cc1OCCCN1CCOCC1)CCC3OC(=O)C(F)(F)F. The number of alkyl halides is 3. The second kappa shape index (κ2) is 11.1. The minimum Gasteiger partial charge on any atom is -0.493 e. The summed E-state index contributed by atoms with van der Waals surface area (Å²) in [6.07, 6.45) is -4.60. The number of methoxy groups -OCH3 is 1. The van der Waals surface area contributed by atoms with Crippen molar-refractivity contribution >= 4 is 22.7 Å². The van der Waals surface area contributed by atoms with Crippen molar-refractivity contribution in [2.24, 2.45) is 0 Å². The highest BCUT2D eigenvalue weighted by Gasteiger charge is 2.44. The number of morpholine rings is 1. The van der Waals surface area contributed by atoms with Crippen LogP contribution < -0.4 is 14.8 Å². The van der Waals surface area contributed by atoms with Gasteiger partial charge in [0, 0.05) is 48.3 Å². The number of carbonyl (C=O) groups is 1. The van der Waals surface area contributed by atoms with Crippen LogP contribution in [0.4, 0.5) is 19.0 Å². The summed E-state index contributed by atoms with van der Waals surface area (Å²) >= 11 is 0. The smallest absolute Gasteiger partial charge is 0.490 e. The molecular weight excluding hydrogens is 479 g/mol. The molecule has 1 N–H and O–H groups in total. The molecule has 11 heteroatoms. The first-order valence-electron chi connectivity index (χ1n) is 12.2. The average Bonchev–Trinajstić information content (AvgIpc) is 3.25. The van der Waals surface area contributed by atoms with E-state index in [-0.39, 0.29) is 12.5 Å². The molecule has 2 heterocycles. The van der Waals surface area contributed by atoms with Gasteiger partial charge in [0.25, 0.3) is 0 Å². The highest BCUT2D eigenvalue weighted by atomic mass is 19.4. The molecule has 1 fully saturated rings. The molecule has 1 aromatic heterocycles. The Labute approximate surface area is 208 Å². The third-order valence-corrected chi connectivity index (χ3v) is 6.28. The third kappa shape index (κ3) is 5.95. The van der Waals surface area contributed by atoms with Crippen molar-refractivity contribution in [3.8, 4) is 11.5 Å². The Balaban J connectivity index is 1.63. The number of hydrogen-bond donors (Lipinski definition) is 1. The zero-order chi connectivity index (χ0) is 25.9. The summed E-state index contributed by atoms with van der Waals surface area (Å²) in [6.45, 7) is 8.53. The lowest BCUT2D eigenvalue weighted by Gasteiger charge is -2.26. The van der Waals surface area contributed by atoms with Crippen LogP contribution in [0.25, 0.3) is 10.9 Å². The lowest BCUT2D eigenvalue weighted by Crippen LogP contribution is -2.37. The molecule has 1 atom stereocenters. The van der Waals surface area contributed by atoms with Gasteiger partial charge in [0.05, 0.1) is 32.4 Å². The van der Waals surface area contributed by atoms with E-state index in [9.17, 15) is 18.0 Å². The second-order valence-corrected chi connectivity index (χ2v) is 9.26. The van der Waals surface area contributed by atoms with Gasteiger partial charge >= 0.3 is 12.1 Å². The van der Waals surface area contributed by atoms with Gasteiger partial charge < -0.3 is 24.3 Å². The Bertz CT molecular complexity index is 1090. The Morgan fingerprint density at radius 3 is 2.67 bits per heavy atom. The summed E-state index contributed by atoms with van der Waals surface area (Å²) in [7, 11) is 1.51. The molecule has 4 rings (SSSR count). The number of benzene rings is 1. The van der Waals surface area contributed by atoms with Gasteiger partial charge in [0.15, 0.2) is 11.5 Å². The Kier molecular flexibility index (Phi) is 8.09. The number of hydrogen-bond acceptors (Lipinski definition) is 8. The van der Waals surface area contributed by atoms with Crippen LogP contribution in [0.2, 0.25) is 0 Å². The van der Waals surface area contributed by atoms with Crippen LogP contribution in [0.15, 0.2) is 12.1 Å². The standard InChI is InChI=1S/C25H32F3N3O5/c1-15(2)29-23-16-5-6-19(36-24(32)25(26,27)28)22(16)17-13-20(33-3)21(14-18(17)30-23)35-10-4-7-31-8-11-34-12-9-31/h13-15,19H,4-12H2,1-3H3,(H,29,30). The number of fused-ring (bicyclic) bond motifs is 3. The van der Waals surface area contributed by atoms with Crippen LogP contribution in [-0.2, 0) is 20.7 Å². The zero-order valence-electron chi connectivity index (χ0n) is 20.7. The molecule has 0 saturated carbocycles. The van der Waals surface area contributed by atoms with E-state index in [1.54, 1.807) is 12.1 Å². The van der Waals surface area contributed by atoms with Crippen molar-refractivity contribution in [2.45, 2.75) is 51.4 Å². The fraction of sp³-hybridized carbons (Fsp3) is 0.600. The molecule has 1 saturated heterocycles. The van der Waals surface area contributed by atoms with Crippen molar-refractivity contribution in [1.82, 2.24) is 9.88 Å². The van der Waals surface area contributed by atoms with Gasteiger partial charge in [-0.2, -0.15) is 13.2 Å². The maximum atomic E-state index is 12.9. The van der Waals surface area contributed by atoms with Crippen molar-refractivity contribution < 1.29 is 36.9 Å². The number of carbonyl (C=O) groups excluding carboxylic acids is 1. The summed E-state index contributed by atoms with van der Waals surface area (Å²) in [5.41, 5.74) is 1.80. The van der Waals surface area contributed by atoms with Gasteiger partial charge in [-0.25, -0.2) is 9.78 Å². The molecule has 1 aliphatic heterocycles. The molecule has 36 heavy (non-hydrogen) atoms. The molecule has 8 nitrogen and oxygen atoms in total. The number of esters is 1. The predicted octanol–water partition coefficient (Wildman–Crippen LogP) is 4.26. The second-order valence-electron chi connectivity index (χ2n) is 9.26. The lowest BCUT2D eigenvalue weighted by molar-refractivity contribution is -0.205. The van der Waals surface area contributed by atoms with Crippen LogP contribution in [0.3, 0.4) is 0 Å². The maximum absolute atomic E-state index is 12.9. The van der Waals surface area contributed by atoms with E-state index in [0.717, 1.165) is 44.8 Å². The van der Waals surface area contributed by atoms with Gasteiger partial charge in [0.2, 0.25) is 0 Å². The molecule has 2 aromatic rings. The van der Waals surface area contributed by atoms with E-state index in [2.05, 4.69) is 10.2 Å². The number of nitrogens with one attached hydrogen (secondary N) is 1. The van der Waals surface area contributed by atoms with E-state index in [4.69, 9.17) is 23.9 Å². The average molecular weight is 512 g/mol. The van der Waals surface area contributed by atoms with E-state index in [0.29, 0.717) is 46.8 Å². The maximum Gasteiger partial charge on any atom is 0.490 e. The van der Waals surface area contributed by atoms with E-state index in [1.165, 1.54) is 7.11 Å². The number of halogens is 3. The van der Waals surface area contributed by atoms with E-state index < -0.39 is 18.2 Å². The minimum absolute atomic E-state index is 0.0463. The molecule has 2 aliphatic rings. The van der Waals surface area contributed by atoms with Gasteiger partial charge in [-0.3, -0.25) is 4.90 Å². The molecule has 1 unspecified atom stereocenters. The summed E-state index contributed by atoms with van der Waals surface area (Å²) in [6, 6.07) is 3.48. The quantitative estimate of drug-likeness (QED) is 0.395. The first-order chi connectivity index (χ1) is 17.2. The summed E-state index contributed by atoms with van der Waals surface area (Å²) < 4.78 is 60.7. The monoisotopic (exact) mass is 511 g/mol. The predicted molar refractivity (Wildman–Crippen MR) is 128 cm³/mol. The fourth-order valence-corrected chi connectivity index (χ4v) is 4.65. The van der Waals surface area contributed by atoms with Crippen LogP contribution in [0.5, 0.6) is 11.5 Å². The molecule has 0 amide bonds. The Morgan fingerprint density at radius 1 is 1.25 bits per heavy atom. The Morgan fingerprint density at radius 2 is 2.00 bits per heavy atom. The van der Waals surface area contributed by atoms with E-state index >= 15 is 0 Å². The van der Waals surface area contributed by atoms with Crippen LogP contribution >= 0.6 is 0 Å². The van der Waals surface area contributed by atoms with Gasteiger partial charge in [-0.05, 0) is 39.2 Å². The Hall–Kier alpha value is -2.79. The number of ether oxygens (including phenoxy) is 4. The lowest BCUT2D eigenvalue weighted by atomic mass is 10.0. The largest absolute Gasteiger partial charge is 0.493 e. The first kappa shape index (κ1) is 26.3. The van der Waals surface area contributed by atoms with Crippen molar-refractivity contribution in [1.29, 1.82) is 0 Å². The number of rotatable bonds is 9. The molecular formula is C25H32F3N3O5. The fourth-order valence-electron chi connectivity index (χ4n) is 4.65. The van der Waals surface area contributed by atoms with Crippen LogP contribution in [0, 0.1) is 0 Å². The van der Waals surface area contributed by atoms with E-state index in [1.807, 2.05) is 13.8 Å². The molecule has 1 aromatic carbocycles. The summed E-state index contributed by atoms with van der Waals surface area (Å²) in [4.78, 5) is 18.7. The molecule has 1 aliphatic carbocycles. The highest BCUT2D eigenvalue weighted by Crippen LogP contribution is 2.45. The number of anilines is 1. The summed E-state index contributed by atoms with van der Waals surface area (Å²) in [5, 5.41) is 3.85. The number of aromatic nitrogens is 1. The van der Waals surface area contributed by atoms with Crippen molar-refractivity contribution in [3.05, 3.63) is 23.3 Å². The molecule has 0 spiro atoms. The summed E-state index contributed by atoms with van der Waals surface area (Å²) in [5.74, 6) is -0.690. The van der Waals surface area contributed by atoms with Gasteiger partial charge in [-0.15, -0.1) is 0 Å². The van der Waals surface area contributed by atoms with Crippen LogP contribution in [0.1, 0.15) is 43.9 Å². The zero-order valence-corrected chi connectivity index (χ0v) is 20.7. The minimum atomic E-state index is -5.06. The van der Waals surface area contributed by atoms with Gasteiger partial charge in [0.1, 0.15) is 11.9 Å².